The molecule has 0 atom stereocenters. The fourth-order valence-corrected chi connectivity index (χ4v) is 2.16. The largest absolute Gasteiger partial charge is 0.444 e. The number of hydrogen-bond donors (Lipinski definition) is 2. The van der Waals surface area contributed by atoms with Gasteiger partial charge in [-0.2, -0.15) is 0 Å². The van der Waals surface area contributed by atoms with Crippen molar-refractivity contribution in [3.8, 4) is 0 Å². The molecule has 1 rings (SSSR count). The van der Waals surface area contributed by atoms with Crippen molar-refractivity contribution >= 4 is 12.2 Å². The van der Waals surface area contributed by atoms with Crippen LogP contribution in [-0.4, -0.2) is 35.9 Å². The smallest absolute Gasteiger partial charge is 0.424 e. The summed E-state index contributed by atoms with van der Waals surface area (Å²) in [6.45, 7) is 6.71. The average Bonchev–Trinajstić information content (AvgIpc) is 2.58. The van der Waals surface area contributed by atoms with E-state index < -0.39 is 17.8 Å². The zero-order chi connectivity index (χ0) is 19.4. The number of nitrogens with one attached hydrogen (secondary N) is 1. The number of amides is 2. The second-order valence-corrected chi connectivity index (χ2v) is 7.08. The van der Waals surface area contributed by atoms with Crippen LogP contribution in [0.5, 0.6) is 0 Å². The molecule has 0 aliphatic rings. The van der Waals surface area contributed by atoms with Crippen LogP contribution >= 0.6 is 0 Å². The quantitative estimate of drug-likeness (QED) is 0.302. The summed E-state index contributed by atoms with van der Waals surface area (Å²) in [5.41, 5.74) is 0.441. The summed E-state index contributed by atoms with van der Waals surface area (Å²) in [6.07, 6.45) is 2.55. The minimum Gasteiger partial charge on any atom is -0.444 e. The third-order valence-corrected chi connectivity index (χ3v) is 3.43. The molecule has 26 heavy (non-hydrogen) atoms. The number of hydrogen-bond acceptors (Lipinski definition) is 5. The number of carbonyl (C=O) groups excluding carboxylic acids is 2. The summed E-state index contributed by atoms with van der Waals surface area (Å²) in [5, 5.41) is 3.82. The van der Waals surface area contributed by atoms with E-state index in [4.69, 9.17) is 15.3 Å². The number of rotatable bonds is 9. The summed E-state index contributed by atoms with van der Waals surface area (Å²) in [7, 11) is 0. The minimum atomic E-state index is -0.527. The van der Waals surface area contributed by atoms with Gasteiger partial charge in [-0.1, -0.05) is 43.2 Å². The Bertz CT molecular complexity index is 543. The fourth-order valence-electron chi connectivity index (χ4n) is 2.16. The molecule has 0 bridgehead atoms. The van der Waals surface area contributed by atoms with E-state index in [0.29, 0.717) is 13.1 Å². The highest BCUT2D eigenvalue weighted by molar-refractivity contribution is 5.67. The summed E-state index contributed by atoms with van der Waals surface area (Å²) >= 11 is 0. The Morgan fingerprint density at radius 3 is 2.38 bits per heavy atom. The van der Waals surface area contributed by atoms with E-state index >= 15 is 0 Å². The molecule has 7 nitrogen and oxygen atoms in total. The molecule has 1 aromatic rings. The van der Waals surface area contributed by atoms with Crippen LogP contribution < -0.4 is 11.2 Å². The average molecular weight is 365 g/mol. The molecule has 7 heteroatoms. The van der Waals surface area contributed by atoms with Gasteiger partial charge in [0.1, 0.15) is 12.2 Å². The number of ether oxygens (including phenoxy) is 2. The van der Waals surface area contributed by atoms with E-state index in [9.17, 15) is 9.59 Å². The van der Waals surface area contributed by atoms with Gasteiger partial charge in [0.25, 0.3) is 0 Å². The molecular weight excluding hydrogens is 334 g/mol. The van der Waals surface area contributed by atoms with Crippen molar-refractivity contribution in [1.82, 2.24) is 10.3 Å². The molecule has 3 N–H and O–H groups in total. The molecular formula is C19H31N3O4. The molecule has 0 aromatic heterocycles. The van der Waals surface area contributed by atoms with Crippen molar-refractivity contribution in [2.24, 2.45) is 5.84 Å². The van der Waals surface area contributed by atoms with Crippen molar-refractivity contribution in [3.63, 3.8) is 0 Å². The Balaban J connectivity index is 2.03. The van der Waals surface area contributed by atoms with Gasteiger partial charge >= 0.3 is 12.2 Å². The predicted molar refractivity (Wildman–Crippen MR) is 100 cm³/mol. The minimum absolute atomic E-state index is 0.212. The summed E-state index contributed by atoms with van der Waals surface area (Å²) in [5.74, 6) is 5.71. The maximum absolute atomic E-state index is 11.8. The molecule has 1 aromatic carbocycles. The van der Waals surface area contributed by atoms with Crippen LogP contribution in [0.3, 0.4) is 0 Å². The van der Waals surface area contributed by atoms with E-state index in [1.807, 2.05) is 51.1 Å². The third kappa shape index (κ3) is 10.6. The van der Waals surface area contributed by atoms with Crippen LogP contribution in [0.4, 0.5) is 9.59 Å². The van der Waals surface area contributed by atoms with Crippen molar-refractivity contribution < 1.29 is 19.1 Å². The second kappa shape index (κ2) is 11.4. The monoisotopic (exact) mass is 365 g/mol. The van der Waals surface area contributed by atoms with Crippen LogP contribution in [0.25, 0.3) is 0 Å². The lowest BCUT2D eigenvalue weighted by Crippen LogP contribution is -2.38. The second-order valence-electron chi connectivity index (χ2n) is 7.08. The van der Waals surface area contributed by atoms with E-state index in [1.54, 1.807) is 0 Å². The highest BCUT2D eigenvalue weighted by Gasteiger charge is 2.15. The lowest BCUT2D eigenvalue weighted by Gasteiger charge is -2.19. The first-order chi connectivity index (χ1) is 12.3. The number of unbranched alkanes of at least 4 members (excludes halogenated alkanes) is 3. The Morgan fingerprint density at radius 1 is 1.08 bits per heavy atom. The SMILES string of the molecule is CC(C)(C)OC(=O)NCCCCCCN(N)C(=O)OCc1ccccc1. The van der Waals surface area contributed by atoms with Gasteiger partial charge in [-0.15, -0.1) is 0 Å². The topological polar surface area (TPSA) is 93.9 Å². The van der Waals surface area contributed by atoms with Crippen LogP contribution in [0.15, 0.2) is 30.3 Å². The molecule has 0 heterocycles. The van der Waals surface area contributed by atoms with Gasteiger partial charge in [0, 0.05) is 13.1 Å². The number of hydrazine groups is 1. The summed E-state index contributed by atoms with van der Waals surface area (Å²) in [6, 6.07) is 9.46. The Morgan fingerprint density at radius 2 is 1.73 bits per heavy atom. The third-order valence-electron chi connectivity index (χ3n) is 3.43. The first kappa shape index (κ1) is 21.8. The van der Waals surface area contributed by atoms with E-state index in [-0.39, 0.29) is 6.61 Å². The molecule has 0 saturated heterocycles. The Hall–Kier alpha value is -2.28. The van der Waals surface area contributed by atoms with Gasteiger partial charge in [0.05, 0.1) is 0 Å². The number of nitrogens with zero attached hydrogens (tertiary/aromatic N) is 1. The Kier molecular flexibility index (Phi) is 9.51. The predicted octanol–water partition coefficient (Wildman–Crippen LogP) is 3.58. The maximum atomic E-state index is 11.8. The lowest BCUT2D eigenvalue weighted by atomic mass is 10.2. The molecule has 2 amide bonds. The van der Waals surface area contributed by atoms with Gasteiger partial charge in [0.2, 0.25) is 0 Å². The summed E-state index contributed by atoms with van der Waals surface area (Å²) in [4.78, 5) is 23.3. The zero-order valence-corrected chi connectivity index (χ0v) is 16.0. The standard InChI is InChI=1S/C19H31N3O4/c1-19(2,3)26-17(23)21-13-9-4-5-10-14-22(20)18(24)25-15-16-11-7-6-8-12-16/h6-8,11-12H,4-5,9-10,13-15,20H2,1-3H3,(H,21,23). The first-order valence-corrected chi connectivity index (χ1v) is 8.98. The highest BCUT2D eigenvalue weighted by atomic mass is 16.6. The van der Waals surface area contributed by atoms with Crippen molar-refractivity contribution in [3.05, 3.63) is 35.9 Å². The van der Waals surface area contributed by atoms with E-state index in [2.05, 4.69) is 5.32 Å². The lowest BCUT2D eigenvalue weighted by molar-refractivity contribution is 0.0526. The maximum Gasteiger partial charge on any atom is 0.424 e. The van der Waals surface area contributed by atoms with Crippen LogP contribution in [0.2, 0.25) is 0 Å². The van der Waals surface area contributed by atoms with Gasteiger partial charge < -0.3 is 14.8 Å². The van der Waals surface area contributed by atoms with Crippen LogP contribution in [0, 0.1) is 0 Å². The molecule has 0 aliphatic carbocycles. The van der Waals surface area contributed by atoms with Gasteiger partial charge in [-0.25, -0.2) is 20.4 Å². The molecule has 0 radical (unpaired) electrons. The molecule has 0 aliphatic heterocycles. The van der Waals surface area contributed by atoms with Crippen molar-refractivity contribution in [2.75, 3.05) is 13.1 Å². The van der Waals surface area contributed by atoms with Crippen molar-refractivity contribution in [2.45, 2.75) is 58.7 Å². The molecule has 146 valence electrons. The van der Waals surface area contributed by atoms with E-state index in [0.717, 1.165) is 36.3 Å². The fraction of sp³-hybridized carbons (Fsp3) is 0.579. The number of benzene rings is 1. The molecule has 0 spiro atoms. The number of nitrogens with two attached hydrogens (primary N) is 1. The molecule has 0 saturated carbocycles. The Labute approximate surface area is 155 Å². The number of carbonyl (C=O) groups is 2. The zero-order valence-electron chi connectivity index (χ0n) is 16.0. The van der Waals surface area contributed by atoms with Gasteiger partial charge in [-0.05, 0) is 39.2 Å². The van der Waals surface area contributed by atoms with Crippen LogP contribution in [0.1, 0.15) is 52.0 Å². The van der Waals surface area contributed by atoms with E-state index in [1.165, 1.54) is 0 Å². The normalized spacial score (nSPS) is 10.9. The highest BCUT2D eigenvalue weighted by Crippen LogP contribution is 2.07. The first-order valence-electron chi connectivity index (χ1n) is 8.98. The molecule has 0 fully saturated rings. The van der Waals surface area contributed by atoms with Crippen LogP contribution in [-0.2, 0) is 16.1 Å². The number of alkyl carbamates (subject to hydrolysis) is 1. The summed E-state index contributed by atoms with van der Waals surface area (Å²) < 4.78 is 10.3. The van der Waals surface area contributed by atoms with Gasteiger partial charge in [0.15, 0.2) is 0 Å². The van der Waals surface area contributed by atoms with Gasteiger partial charge in [-0.3, -0.25) is 0 Å². The molecule has 0 unspecified atom stereocenters. The van der Waals surface area contributed by atoms with Crippen molar-refractivity contribution in [1.29, 1.82) is 0 Å².